The van der Waals surface area contributed by atoms with Crippen molar-refractivity contribution in [1.82, 2.24) is 10.2 Å². The van der Waals surface area contributed by atoms with Crippen LogP contribution in [-0.4, -0.2) is 58.3 Å². The summed E-state index contributed by atoms with van der Waals surface area (Å²) < 4.78 is 19.8. The first kappa shape index (κ1) is 30.3. The van der Waals surface area contributed by atoms with E-state index in [1.807, 2.05) is 19.9 Å². The number of carbonyl (C=O) groups is 3. The number of carbonyl (C=O) groups excluding carboxylic acids is 3. The predicted molar refractivity (Wildman–Crippen MR) is 148 cm³/mol. The highest BCUT2D eigenvalue weighted by Gasteiger charge is 2.45. The van der Waals surface area contributed by atoms with Gasteiger partial charge < -0.3 is 25.6 Å². The van der Waals surface area contributed by atoms with Crippen LogP contribution < -0.4 is 15.4 Å². The Bertz CT molecular complexity index is 1300. The van der Waals surface area contributed by atoms with Crippen molar-refractivity contribution in [1.29, 1.82) is 0 Å². The SMILES string of the molecule is CC.Cc1ccc(NC(=O)C(Cc2ccccc2)N2C(=O)N[C@H](c3ccc(OCC(O)CO)cc3)C2=O)c(F)c1. The van der Waals surface area contributed by atoms with Crippen LogP contribution in [0.3, 0.4) is 0 Å². The molecule has 0 saturated carbocycles. The van der Waals surface area contributed by atoms with E-state index in [1.165, 1.54) is 12.1 Å². The van der Waals surface area contributed by atoms with Crippen molar-refractivity contribution in [2.24, 2.45) is 0 Å². The molecule has 1 heterocycles. The number of nitrogens with one attached hydrogen (secondary N) is 2. The molecule has 3 aromatic rings. The summed E-state index contributed by atoms with van der Waals surface area (Å²) in [5.74, 6) is -1.55. The lowest BCUT2D eigenvalue weighted by atomic mass is 10.0. The predicted octanol–water partition coefficient (Wildman–Crippen LogP) is 3.74. The maximum atomic E-state index is 14.5. The van der Waals surface area contributed by atoms with Crippen molar-refractivity contribution in [3.8, 4) is 5.75 Å². The fourth-order valence-corrected chi connectivity index (χ4v) is 4.09. The molecule has 0 aliphatic carbocycles. The highest BCUT2D eigenvalue weighted by Crippen LogP contribution is 2.27. The summed E-state index contributed by atoms with van der Waals surface area (Å²) >= 11 is 0. The van der Waals surface area contributed by atoms with Gasteiger partial charge >= 0.3 is 6.03 Å². The molecule has 1 aliphatic heterocycles. The third kappa shape index (κ3) is 7.43. The minimum absolute atomic E-state index is 0.0337. The van der Waals surface area contributed by atoms with Gasteiger partial charge in [0.2, 0.25) is 5.91 Å². The van der Waals surface area contributed by atoms with Crippen molar-refractivity contribution >= 4 is 23.5 Å². The Morgan fingerprint density at radius 1 is 1.07 bits per heavy atom. The van der Waals surface area contributed by atoms with E-state index in [-0.39, 0.29) is 18.7 Å². The van der Waals surface area contributed by atoms with Gasteiger partial charge in [-0.25, -0.2) is 14.1 Å². The number of aliphatic hydroxyl groups excluding tert-OH is 2. The summed E-state index contributed by atoms with van der Waals surface area (Å²) in [6.07, 6.45) is -0.994. The van der Waals surface area contributed by atoms with Gasteiger partial charge in [0.25, 0.3) is 5.91 Å². The number of aliphatic hydroxyl groups is 2. The largest absolute Gasteiger partial charge is 0.491 e. The molecule has 9 nitrogen and oxygen atoms in total. The average Bonchev–Trinajstić information content (AvgIpc) is 3.26. The first-order chi connectivity index (χ1) is 19.3. The van der Waals surface area contributed by atoms with Gasteiger partial charge in [0.15, 0.2) is 0 Å². The van der Waals surface area contributed by atoms with Crippen LogP contribution in [0.2, 0.25) is 0 Å². The summed E-state index contributed by atoms with van der Waals surface area (Å²) in [6, 6.07) is 16.5. The number of amides is 4. The minimum Gasteiger partial charge on any atom is -0.491 e. The number of anilines is 1. The number of imide groups is 1. The maximum Gasteiger partial charge on any atom is 0.325 e. The van der Waals surface area contributed by atoms with Crippen molar-refractivity contribution in [3.63, 3.8) is 0 Å². The van der Waals surface area contributed by atoms with Crippen molar-refractivity contribution in [3.05, 3.63) is 95.3 Å². The van der Waals surface area contributed by atoms with E-state index < -0.39 is 48.5 Å². The number of aryl methyl sites for hydroxylation is 1. The van der Waals surface area contributed by atoms with E-state index >= 15 is 0 Å². The second kappa shape index (κ2) is 14.2. The molecule has 0 radical (unpaired) electrons. The molecule has 0 spiro atoms. The van der Waals surface area contributed by atoms with E-state index in [2.05, 4.69) is 10.6 Å². The lowest BCUT2D eigenvalue weighted by Crippen LogP contribution is -2.49. The molecule has 3 atom stereocenters. The Kier molecular flexibility index (Phi) is 10.7. The number of halogens is 1. The zero-order chi connectivity index (χ0) is 29.2. The zero-order valence-corrected chi connectivity index (χ0v) is 22.6. The van der Waals surface area contributed by atoms with E-state index in [4.69, 9.17) is 9.84 Å². The molecule has 2 unspecified atom stereocenters. The number of rotatable bonds is 10. The number of nitrogens with zero attached hydrogens (tertiary/aromatic N) is 1. The second-order valence-electron chi connectivity index (χ2n) is 8.99. The van der Waals surface area contributed by atoms with Gasteiger partial charge in [0, 0.05) is 6.42 Å². The lowest BCUT2D eigenvalue weighted by Gasteiger charge is -2.25. The lowest BCUT2D eigenvalue weighted by molar-refractivity contribution is -0.134. The van der Waals surface area contributed by atoms with Crippen LogP contribution >= 0.6 is 0 Å². The van der Waals surface area contributed by atoms with Crippen LogP contribution in [0.4, 0.5) is 14.9 Å². The molecule has 0 bridgehead atoms. The standard InChI is InChI=1S/C28H28FN3O6.C2H6/c1-17-7-12-23(22(29)13-17)30-26(35)24(14-18-5-3-2-4-6-18)32-27(36)25(31-28(32)37)19-8-10-21(11-9-19)38-16-20(34)15-33;1-2/h2-13,20,24-25,33-34H,14-16H2,1H3,(H,30,35)(H,31,37);1-2H3/t20?,24?,25-;/m1./s1. The topological polar surface area (TPSA) is 128 Å². The van der Waals surface area contributed by atoms with E-state index in [1.54, 1.807) is 61.5 Å². The molecule has 0 aromatic heterocycles. The molecule has 212 valence electrons. The monoisotopic (exact) mass is 551 g/mol. The average molecular weight is 552 g/mol. The van der Waals surface area contributed by atoms with E-state index in [0.717, 1.165) is 4.90 Å². The first-order valence-electron chi connectivity index (χ1n) is 13.0. The Hall–Kier alpha value is -4.28. The fourth-order valence-electron chi connectivity index (χ4n) is 4.09. The maximum absolute atomic E-state index is 14.5. The Morgan fingerprint density at radius 3 is 2.38 bits per heavy atom. The van der Waals surface area contributed by atoms with Crippen LogP contribution in [0.15, 0.2) is 72.8 Å². The Labute approximate surface area is 232 Å². The minimum atomic E-state index is -1.24. The Morgan fingerprint density at radius 2 is 1.75 bits per heavy atom. The number of hydrogen-bond donors (Lipinski definition) is 4. The van der Waals surface area contributed by atoms with E-state index in [0.29, 0.717) is 22.4 Å². The normalized spacial score (nSPS) is 15.9. The molecule has 1 aliphatic rings. The fraction of sp³-hybridized carbons (Fsp3) is 0.300. The van der Waals surface area contributed by atoms with Crippen molar-refractivity contribution < 1.29 is 33.7 Å². The summed E-state index contributed by atoms with van der Waals surface area (Å²) in [5, 5.41) is 23.5. The summed E-state index contributed by atoms with van der Waals surface area (Å²) in [4.78, 5) is 40.7. The first-order valence-corrected chi connectivity index (χ1v) is 13.0. The number of urea groups is 1. The Balaban J connectivity index is 0.00000216. The number of benzene rings is 3. The van der Waals surface area contributed by atoms with Crippen LogP contribution in [0.5, 0.6) is 5.75 Å². The smallest absolute Gasteiger partial charge is 0.325 e. The molecule has 1 saturated heterocycles. The second-order valence-corrected chi connectivity index (χ2v) is 8.99. The third-order valence-corrected chi connectivity index (χ3v) is 6.11. The van der Waals surface area contributed by atoms with E-state index in [9.17, 15) is 23.9 Å². The van der Waals surface area contributed by atoms with Crippen LogP contribution in [-0.2, 0) is 16.0 Å². The molecule has 4 N–H and O–H groups in total. The third-order valence-electron chi connectivity index (χ3n) is 6.11. The molecule has 1 fully saturated rings. The zero-order valence-electron chi connectivity index (χ0n) is 22.6. The van der Waals surface area contributed by atoms with Crippen LogP contribution in [0.25, 0.3) is 0 Å². The highest BCUT2D eigenvalue weighted by atomic mass is 19.1. The van der Waals surface area contributed by atoms with Crippen LogP contribution in [0, 0.1) is 12.7 Å². The van der Waals surface area contributed by atoms with Gasteiger partial charge in [-0.05, 0) is 47.9 Å². The molecular weight excluding hydrogens is 517 g/mol. The van der Waals surface area contributed by atoms with Crippen molar-refractivity contribution in [2.75, 3.05) is 18.5 Å². The molecule has 4 amide bonds. The molecule has 4 rings (SSSR count). The molecule has 3 aromatic carbocycles. The molecule has 40 heavy (non-hydrogen) atoms. The highest BCUT2D eigenvalue weighted by molar-refractivity contribution is 6.09. The molecular formula is C30H34FN3O6. The summed E-state index contributed by atoms with van der Waals surface area (Å²) in [7, 11) is 0. The van der Waals surface area contributed by atoms with Gasteiger partial charge in [0.05, 0.1) is 12.3 Å². The van der Waals surface area contributed by atoms with Gasteiger partial charge in [0.1, 0.15) is 36.4 Å². The van der Waals surface area contributed by atoms with Crippen molar-refractivity contribution in [2.45, 2.75) is 45.4 Å². The van der Waals surface area contributed by atoms with Gasteiger partial charge in [-0.3, -0.25) is 9.59 Å². The van der Waals surface area contributed by atoms with Gasteiger partial charge in [-0.15, -0.1) is 0 Å². The number of hydrogen-bond acceptors (Lipinski definition) is 6. The van der Waals surface area contributed by atoms with Crippen LogP contribution in [0.1, 0.15) is 36.6 Å². The summed E-state index contributed by atoms with van der Waals surface area (Å²) in [6.45, 7) is 5.17. The molecule has 10 heteroatoms. The van der Waals surface area contributed by atoms with Gasteiger partial charge in [-0.2, -0.15) is 0 Å². The van der Waals surface area contributed by atoms with Gasteiger partial charge in [-0.1, -0.05) is 62.4 Å². The number of ether oxygens (including phenoxy) is 1. The summed E-state index contributed by atoms with van der Waals surface area (Å²) in [5.41, 5.74) is 1.81. The quantitative estimate of drug-likeness (QED) is 0.284.